The van der Waals surface area contributed by atoms with Gasteiger partial charge in [0, 0.05) is 77.4 Å². The van der Waals surface area contributed by atoms with Crippen LogP contribution < -0.4 is 38.0 Å². The van der Waals surface area contributed by atoms with Crippen molar-refractivity contribution < 1.29 is 24.3 Å². The van der Waals surface area contributed by atoms with Crippen LogP contribution in [-0.2, 0) is 37.8 Å². The van der Waals surface area contributed by atoms with Gasteiger partial charge in [-0.3, -0.25) is 52.0 Å². The lowest BCUT2D eigenvalue weighted by Gasteiger charge is -2.30. The van der Waals surface area contributed by atoms with Gasteiger partial charge in [-0.25, -0.2) is 19.4 Å². The Bertz CT molecular complexity index is 2380. The van der Waals surface area contributed by atoms with Gasteiger partial charge in [0.15, 0.2) is 0 Å². The monoisotopic (exact) mass is 646 g/mol. The second kappa shape index (κ2) is 11.0. The first kappa shape index (κ1) is 32.3. The molecule has 3 aromatic rings. The van der Waals surface area contributed by atoms with Gasteiger partial charge in [0.2, 0.25) is 11.7 Å². The van der Waals surface area contributed by atoms with E-state index >= 15 is 0 Å². The van der Waals surface area contributed by atoms with Gasteiger partial charge in [-0.15, -0.1) is 0 Å². The number of fused-ring (bicyclic) bond motifs is 1. The quantitative estimate of drug-likeness (QED) is 0.283. The molecule has 0 spiro atoms. The Labute approximate surface area is 264 Å². The van der Waals surface area contributed by atoms with Crippen LogP contribution in [0.2, 0.25) is 0 Å². The summed E-state index contributed by atoms with van der Waals surface area (Å²) in [5.41, 5.74) is -5.39. The number of hydrogen-bond donors (Lipinski definition) is 1. The SMILES string of the molecule is CCN1C=C(C(=O)c2c(O)n(C)c(=O)n(C)c2=O)/C(=c2/c(=O)n(C)c(=O)n(C)c2=C2C(=O)N(C)C(=O)N(C)C2=O)c2ccc(C)nc21. The summed E-state index contributed by atoms with van der Waals surface area (Å²) in [5.74, 6) is -4.03. The molecule has 1 saturated heterocycles. The summed E-state index contributed by atoms with van der Waals surface area (Å²) in [6, 6.07) is 2.17. The summed E-state index contributed by atoms with van der Waals surface area (Å²) in [6.07, 6.45) is 1.29. The first-order valence-corrected chi connectivity index (χ1v) is 14.1. The van der Waals surface area contributed by atoms with Crippen LogP contribution in [0, 0.1) is 6.92 Å². The highest BCUT2D eigenvalue weighted by molar-refractivity contribution is 6.45. The predicted octanol–water partition coefficient (Wildman–Crippen LogP) is -3.10. The Morgan fingerprint density at radius 1 is 0.766 bits per heavy atom. The van der Waals surface area contributed by atoms with Crippen LogP contribution in [0.5, 0.6) is 5.88 Å². The number of Topliss-reactive ketones (excluding diaryl/α,β-unsaturated/α-hetero) is 1. The number of barbiturate groups is 1. The van der Waals surface area contributed by atoms with Crippen LogP contribution in [0.3, 0.4) is 0 Å². The number of nitrogens with zero attached hydrogens (tertiary/aromatic N) is 8. The number of aromatic nitrogens is 5. The molecule has 244 valence electrons. The lowest BCUT2D eigenvalue weighted by molar-refractivity contribution is -0.131. The largest absolute Gasteiger partial charge is 0.494 e. The number of aromatic hydroxyl groups is 1. The smallest absolute Gasteiger partial charge is 0.333 e. The highest BCUT2D eigenvalue weighted by atomic mass is 16.3. The van der Waals surface area contributed by atoms with Crippen molar-refractivity contribution in [3.05, 3.63) is 93.0 Å². The summed E-state index contributed by atoms with van der Waals surface area (Å²) in [6.45, 7) is 3.68. The third-order valence-electron chi connectivity index (χ3n) is 8.32. The van der Waals surface area contributed by atoms with E-state index in [0.717, 1.165) is 39.8 Å². The Hall–Kier alpha value is -6.13. The Morgan fingerprint density at radius 3 is 1.89 bits per heavy atom. The molecule has 3 aromatic heterocycles. The van der Waals surface area contributed by atoms with E-state index < -0.39 is 73.7 Å². The number of hydrogen-bond acceptors (Lipinski definition) is 11. The number of carbonyl (C=O) groups is 4. The summed E-state index contributed by atoms with van der Waals surface area (Å²) in [7, 11) is 6.88. The van der Waals surface area contributed by atoms with E-state index in [1.807, 2.05) is 0 Å². The second-order valence-electron chi connectivity index (χ2n) is 11.1. The molecule has 2 aliphatic rings. The molecular formula is C30H30N8O9. The Morgan fingerprint density at radius 2 is 1.32 bits per heavy atom. The fraction of sp³-hybridized carbons (Fsp3) is 0.300. The number of rotatable bonds is 3. The number of anilines is 1. The molecule has 0 saturated carbocycles. The van der Waals surface area contributed by atoms with Gasteiger partial charge in [0.25, 0.3) is 22.9 Å². The van der Waals surface area contributed by atoms with E-state index in [1.54, 1.807) is 30.9 Å². The molecule has 1 fully saturated rings. The number of carbonyl (C=O) groups excluding carboxylic acids is 4. The third kappa shape index (κ3) is 4.49. The minimum absolute atomic E-state index is 0.149. The summed E-state index contributed by atoms with van der Waals surface area (Å²) in [4.78, 5) is 115. The molecule has 0 aromatic carbocycles. The van der Waals surface area contributed by atoms with Crippen molar-refractivity contribution in [2.24, 2.45) is 28.2 Å². The summed E-state index contributed by atoms with van der Waals surface area (Å²) in [5, 5.41) is 9.94. The zero-order valence-electron chi connectivity index (χ0n) is 26.7. The summed E-state index contributed by atoms with van der Waals surface area (Å²) < 4.78 is 2.91. The molecule has 17 nitrogen and oxygen atoms in total. The minimum atomic E-state index is -1.13. The van der Waals surface area contributed by atoms with Gasteiger partial charge in [-0.05, 0) is 26.0 Å². The molecule has 0 atom stereocenters. The topological polar surface area (TPSA) is 199 Å². The van der Waals surface area contributed by atoms with Crippen molar-refractivity contribution in [1.29, 1.82) is 0 Å². The minimum Gasteiger partial charge on any atom is -0.494 e. The van der Waals surface area contributed by atoms with E-state index in [0.29, 0.717) is 29.2 Å². The molecule has 5 rings (SSSR count). The fourth-order valence-electron chi connectivity index (χ4n) is 5.62. The molecule has 47 heavy (non-hydrogen) atoms. The molecule has 17 heteroatoms. The molecule has 0 unspecified atom stereocenters. The number of amides is 4. The number of aryl methyl sites for hydroxylation is 1. The van der Waals surface area contributed by atoms with Gasteiger partial charge in [0.1, 0.15) is 17.0 Å². The number of pyridine rings is 1. The highest BCUT2D eigenvalue weighted by Crippen LogP contribution is 2.36. The average molecular weight is 647 g/mol. The molecule has 1 N–H and O–H groups in total. The molecule has 5 heterocycles. The lowest BCUT2D eigenvalue weighted by atomic mass is 9.88. The number of imide groups is 2. The van der Waals surface area contributed by atoms with E-state index in [-0.39, 0.29) is 29.1 Å². The maximum Gasteiger partial charge on any atom is 0.333 e. The zero-order chi connectivity index (χ0) is 35.0. The highest BCUT2D eigenvalue weighted by Gasteiger charge is 2.40. The van der Waals surface area contributed by atoms with Crippen LogP contribution in [-0.4, -0.2) is 82.4 Å². The van der Waals surface area contributed by atoms with Crippen LogP contribution in [0.25, 0.3) is 11.1 Å². The average Bonchev–Trinajstić information content (AvgIpc) is 3.05. The van der Waals surface area contributed by atoms with Crippen LogP contribution in [0.4, 0.5) is 10.6 Å². The number of allylic oxidation sites excluding steroid dienone is 1. The molecule has 0 radical (unpaired) electrons. The van der Waals surface area contributed by atoms with Crippen molar-refractivity contribution in [3.63, 3.8) is 0 Å². The molecule has 4 amide bonds. The second-order valence-corrected chi connectivity index (χ2v) is 11.1. The maximum absolute atomic E-state index is 14.5. The first-order chi connectivity index (χ1) is 22.0. The van der Waals surface area contributed by atoms with Crippen LogP contribution in [0.1, 0.15) is 28.5 Å². The van der Waals surface area contributed by atoms with Crippen molar-refractivity contribution in [2.75, 3.05) is 25.5 Å². The Kier molecular flexibility index (Phi) is 7.58. The predicted molar refractivity (Wildman–Crippen MR) is 166 cm³/mol. The standard InChI is InChI=1S/C30H30N8O9/c1-9-38-12-15(21(39)19-26(43)36(7)30(47)37(8)27(19)44)16(14-11-10-13(2)31-22(14)38)17-20(32(3)28(45)33(4)23(17)40)18-24(41)34(5)29(46)35(6)25(18)42/h10-12,43H,9H2,1-8H3/b17-16+. The molecular weight excluding hydrogens is 616 g/mol. The third-order valence-corrected chi connectivity index (χ3v) is 8.32. The van der Waals surface area contributed by atoms with Crippen molar-refractivity contribution >= 4 is 40.6 Å². The normalized spacial score (nSPS) is 16.2. The van der Waals surface area contributed by atoms with Gasteiger partial charge in [-0.2, -0.15) is 0 Å². The van der Waals surface area contributed by atoms with Crippen LogP contribution >= 0.6 is 0 Å². The molecule has 0 bridgehead atoms. The van der Waals surface area contributed by atoms with Crippen molar-refractivity contribution in [2.45, 2.75) is 13.8 Å². The molecule has 0 aliphatic carbocycles. The lowest BCUT2D eigenvalue weighted by Crippen LogP contribution is -2.63. The summed E-state index contributed by atoms with van der Waals surface area (Å²) >= 11 is 0. The van der Waals surface area contributed by atoms with E-state index in [1.165, 1.54) is 13.2 Å². The fourth-order valence-corrected chi connectivity index (χ4v) is 5.62. The van der Waals surface area contributed by atoms with E-state index in [4.69, 9.17) is 0 Å². The van der Waals surface area contributed by atoms with Gasteiger partial charge < -0.3 is 10.0 Å². The molecule has 2 aliphatic heterocycles. The van der Waals surface area contributed by atoms with E-state index in [2.05, 4.69) is 4.98 Å². The van der Waals surface area contributed by atoms with Crippen molar-refractivity contribution in [3.8, 4) is 5.88 Å². The first-order valence-electron chi connectivity index (χ1n) is 14.1. The van der Waals surface area contributed by atoms with Gasteiger partial charge in [-0.1, -0.05) is 0 Å². The number of urea groups is 1. The van der Waals surface area contributed by atoms with Crippen LogP contribution in [0.15, 0.2) is 43.1 Å². The Balaban J connectivity index is 2.14. The van der Waals surface area contributed by atoms with Gasteiger partial charge >= 0.3 is 17.4 Å². The zero-order valence-corrected chi connectivity index (χ0v) is 26.7. The van der Waals surface area contributed by atoms with E-state index in [9.17, 15) is 43.5 Å². The van der Waals surface area contributed by atoms with Gasteiger partial charge in [0.05, 0.1) is 10.6 Å². The van der Waals surface area contributed by atoms with Crippen molar-refractivity contribution in [1.82, 2.24) is 33.1 Å². The maximum atomic E-state index is 14.5. The number of ketones is 1.